The van der Waals surface area contributed by atoms with Crippen LogP contribution in [0.3, 0.4) is 0 Å². The largest absolute Gasteiger partial charge is 0.507 e. The summed E-state index contributed by atoms with van der Waals surface area (Å²) in [5.41, 5.74) is 1.04. The number of carboxylic acid groups (broad SMARTS) is 1. The molecule has 1 aromatic carbocycles. The van der Waals surface area contributed by atoms with Gasteiger partial charge in [0.1, 0.15) is 11.8 Å². The van der Waals surface area contributed by atoms with Gasteiger partial charge in [-0.1, -0.05) is 13.0 Å². The molecule has 0 bridgehead atoms. The fraction of sp³-hybridized carbons (Fsp3) is 0.385. The van der Waals surface area contributed by atoms with Crippen LogP contribution in [-0.4, -0.2) is 40.1 Å². The van der Waals surface area contributed by atoms with Crippen molar-refractivity contribution in [2.24, 2.45) is 0 Å². The van der Waals surface area contributed by atoms with E-state index in [0.29, 0.717) is 0 Å². The number of benzene rings is 1. The minimum atomic E-state index is -1.09. The van der Waals surface area contributed by atoms with Crippen LogP contribution in [-0.2, 0) is 11.2 Å². The monoisotopic (exact) mass is 251 g/mol. The Labute approximate surface area is 106 Å². The molecular formula is C13H17NO4. The van der Waals surface area contributed by atoms with Crippen LogP contribution in [0.25, 0.3) is 0 Å². The molecule has 1 aromatic rings. The Balaban J connectivity index is 3.06. The number of phenols is 1. The van der Waals surface area contributed by atoms with Gasteiger partial charge in [0.15, 0.2) is 0 Å². The summed E-state index contributed by atoms with van der Waals surface area (Å²) in [4.78, 5) is 24.0. The Hall–Kier alpha value is -2.04. The first-order valence-electron chi connectivity index (χ1n) is 5.70. The average Bonchev–Trinajstić information content (AvgIpc) is 2.36. The van der Waals surface area contributed by atoms with Crippen LogP contribution in [0.4, 0.5) is 0 Å². The topological polar surface area (TPSA) is 77.8 Å². The van der Waals surface area contributed by atoms with E-state index in [1.807, 2.05) is 6.92 Å². The summed E-state index contributed by atoms with van der Waals surface area (Å²) in [6.45, 7) is 3.35. The van der Waals surface area contributed by atoms with Crippen molar-refractivity contribution in [3.8, 4) is 5.75 Å². The fourth-order valence-corrected chi connectivity index (χ4v) is 1.51. The molecule has 18 heavy (non-hydrogen) atoms. The lowest BCUT2D eigenvalue weighted by Crippen LogP contribution is -2.40. The molecule has 0 spiro atoms. The number of hydrogen-bond acceptors (Lipinski definition) is 3. The molecule has 0 radical (unpaired) electrons. The number of nitrogens with zero attached hydrogens (tertiary/aromatic N) is 1. The number of rotatable bonds is 4. The summed E-state index contributed by atoms with van der Waals surface area (Å²) in [6.07, 6.45) is 0.735. The minimum Gasteiger partial charge on any atom is -0.507 e. The molecule has 0 saturated heterocycles. The predicted octanol–water partition coefficient (Wildman–Crippen LogP) is 1.50. The first-order chi connectivity index (χ1) is 8.38. The molecule has 2 N–H and O–H groups in total. The van der Waals surface area contributed by atoms with Gasteiger partial charge < -0.3 is 15.1 Å². The molecule has 0 heterocycles. The van der Waals surface area contributed by atoms with Crippen molar-refractivity contribution in [1.29, 1.82) is 0 Å². The van der Waals surface area contributed by atoms with Gasteiger partial charge in [-0.05, 0) is 31.0 Å². The average molecular weight is 251 g/mol. The second-order valence-corrected chi connectivity index (χ2v) is 4.14. The minimum absolute atomic E-state index is 0.130. The Morgan fingerprint density at radius 2 is 2.00 bits per heavy atom. The summed E-state index contributed by atoms with van der Waals surface area (Å²) < 4.78 is 0. The van der Waals surface area contributed by atoms with E-state index >= 15 is 0 Å². The van der Waals surface area contributed by atoms with E-state index in [9.17, 15) is 14.7 Å². The standard InChI is InChI=1S/C13H17NO4/c1-4-9-5-6-11(15)10(7-9)12(16)14(3)8(2)13(17)18/h5-8,15H,4H2,1-3H3,(H,17,18). The molecule has 0 fully saturated rings. The number of carbonyl (C=O) groups excluding carboxylic acids is 1. The molecule has 98 valence electrons. The first kappa shape index (κ1) is 14.0. The molecule has 5 heteroatoms. The molecular weight excluding hydrogens is 234 g/mol. The van der Waals surface area contributed by atoms with Gasteiger partial charge in [0.05, 0.1) is 5.56 Å². The molecule has 0 aliphatic carbocycles. The highest BCUT2D eigenvalue weighted by Gasteiger charge is 2.24. The van der Waals surface area contributed by atoms with Crippen molar-refractivity contribution in [2.45, 2.75) is 26.3 Å². The molecule has 1 amide bonds. The van der Waals surface area contributed by atoms with E-state index in [1.54, 1.807) is 12.1 Å². The van der Waals surface area contributed by atoms with Crippen molar-refractivity contribution >= 4 is 11.9 Å². The second-order valence-electron chi connectivity index (χ2n) is 4.14. The lowest BCUT2D eigenvalue weighted by Gasteiger charge is -2.22. The first-order valence-corrected chi connectivity index (χ1v) is 5.70. The van der Waals surface area contributed by atoms with Gasteiger partial charge in [-0.25, -0.2) is 4.79 Å². The summed E-state index contributed by atoms with van der Waals surface area (Å²) in [5.74, 6) is -1.73. The zero-order valence-electron chi connectivity index (χ0n) is 10.7. The van der Waals surface area contributed by atoms with Gasteiger partial charge in [-0.3, -0.25) is 4.79 Å². The molecule has 0 aliphatic heterocycles. The third-order valence-corrected chi connectivity index (χ3v) is 2.96. The number of amides is 1. The summed E-state index contributed by atoms with van der Waals surface area (Å²) in [5, 5.41) is 18.5. The third-order valence-electron chi connectivity index (χ3n) is 2.96. The number of phenolic OH excluding ortho intramolecular Hbond substituents is 1. The Morgan fingerprint density at radius 3 is 2.50 bits per heavy atom. The van der Waals surface area contributed by atoms with E-state index < -0.39 is 17.9 Å². The highest BCUT2D eigenvalue weighted by atomic mass is 16.4. The highest BCUT2D eigenvalue weighted by molar-refractivity contribution is 5.98. The highest BCUT2D eigenvalue weighted by Crippen LogP contribution is 2.21. The number of aromatic hydroxyl groups is 1. The lowest BCUT2D eigenvalue weighted by atomic mass is 10.1. The van der Waals surface area contributed by atoms with Crippen molar-refractivity contribution < 1.29 is 19.8 Å². The van der Waals surface area contributed by atoms with Crippen LogP contribution in [0.5, 0.6) is 5.75 Å². The maximum atomic E-state index is 12.1. The van der Waals surface area contributed by atoms with Crippen molar-refractivity contribution in [2.75, 3.05) is 7.05 Å². The maximum absolute atomic E-state index is 12.1. The zero-order valence-corrected chi connectivity index (χ0v) is 10.7. The van der Waals surface area contributed by atoms with Crippen molar-refractivity contribution in [3.05, 3.63) is 29.3 Å². The summed E-state index contributed by atoms with van der Waals surface area (Å²) in [7, 11) is 1.40. The van der Waals surface area contributed by atoms with E-state index in [-0.39, 0.29) is 11.3 Å². The number of likely N-dealkylation sites (N-methyl/N-ethyl adjacent to an activating group) is 1. The Kier molecular flexibility index (Phi) is 4.31. The van der Waals surface area contributed by atoms with E-state index in [1.165, 1.54) is 20.0 Å². The third kappa shape index (κ3) is 2.80. The second kappa shape index (κ2) is 5.53. The van der Waals surface area contributed by atoms with Gasteiger partial charge in [0.2, 0.25) is 0 Å². The molecule has 0 saturated carbocycles. The number of aliphatic carboxylic acids is 1. The van der Waals surface area contributed by atoms with Crippen LogP contribution in [0.2, 0.25) is 0 Å². The van der Waals surface area contributed by atoms with E-state index in [0.717, 1.165) is 16.9 Å². The van der Waals surface area contributed by atoms with Crippen molar-refractivity contribution in [1.82, 2.24) is 4.90 Å². The molecule has 1 unspecified atom stereocenters. The molecule has 0 aromatic heterocycles. The summed E-state index contributed by atoms with van der Waals surface area (Å²) >= 11 is 0. The van der Waals surface area contributed by atoms with Crippen LogP contribution in [0.15, 0.2) is 18.2 Å². The van der Waals surface area contributed by atoms with E-state index in [2.05, 4.69) is 0 Å². The quantitative estimate of drug-likeness (QED) is 0.850. The smallest absolute Gasteiger partial charge is 0.326 e. The van der Waals surface area contributed by atoms with Crippen LogP contribution in [0, 0.1) is 0 Å². The number of carbonyl (C=O) groups is 2. The van der Waals surface area contributed by atoms with Crippen LogP contribution in [0.1, 0.15) is 29.8 Å². The zero-order chi connectivity index (χ0) is 13.9. The molecule has 5 nitrogen and oxygen atoms in total. The van der Waals surface area contributed by atoms with Gasteiger partial charge in [0, 0.05) is 7.05 Å². The van der Waals surface area contributed by atoms with Gasteiger partial charge in [-0.15, -0.1) is 0 Å². The number of carboxylic acids is 1. The number of hydrogen-bond donors (Lipinski definition) is 2. The lowest BCUT2D eigenvalue weighted by molar-refractivity contribution is -0.141. The SMILES string of the molecule is CCc1ccc(O)c(C(=O)N(C)C(C)C(=O)O)c1. The van der Waals surface area contributed by atoms with Crippen molar-refractivity contribution in [3.63, 3.8) is 0 Å². The predicted molar refractivity (Wildman–Crippen MR) is 66.7 cm³/mol. The molecule has 1 atom stereocenters. The Morgan fingerprint density at radius 1 is 1.39 bits per heavy atom. The van der Waals surface area contributed by atoms with Gasteiger partial charge >= 0.3 is 5.97 Å². The fourth-order valence-electron chi connectivity index (χ4n) is 1.51. The van der Waals surface area contributed by atoms with E-state index in [4.69, 9.17) is 5.11 Å². The Bertz CT molecular complexity index is 470. The summed E-state index contributed by atoms with van der Waals surface area (Å²) in [6, 6.07) is 3.82. The van der Waals surface area contributed by atoms with Gasteiger partial charge in [0.25, 0.3) is 5.91 Å². The molecule has 0 aliphatic rings. The van der Waals surface area contributed by atoms with Crippen LogP contribution >= 0.6 is 0 Å². The maximum Gasteiger partial charge on any atom is 0.326 e. The number of aryl methyl sites for hydroxylation is 1. The normalized spacial score (nSPS) is 11.9. The molecule has 1 rings (SSSR count). The van der Waals surface area contributed by atoms with Crippen LogP contribution < -0.4 is 0 Å². The van der Waals surface area contributed by atoms with Gasteiger partial charge in [-0.2, -0.15) is 0 Å².